The van der Waals surface area contributed by atoms with Gasteiger partial charge in [0.1, 0.15) is 5.82 Å². The summed E-state index contributed by atoms with van der Waals surface area (Å²) < 4.78 is 18.7. The van der Waals surface area contributed by atoms with Gasteiger partial charge >= 0.3 is 0 Å². The highest BCUT2D eigenvalue weighted by Crippen LogP contribution is 2.22. The molecular weight excluding hydrogens is 193 g/mol. The second-order valence-electron chi connectivity index (χ2n) is 4.02. The SMILES string of the molecule is CC(C)OC(c1cccc(F)c1)C(C)N. The monoisotopic (exact) mass is 211 g/mol. The molecule has 0 fully saturated rings. The normalized spacial score (nSPS) is 15.3. The average Bonchev–Trinajstić information content (AvgIpc) is 2.13. The molecule has 0 bridgehead atoms. The third-order valence-electron chi connectivity index (χ3n) is 2.07. The van der Waals surface area contributed by atoms with E-state index in [-0.39, 0.29) is 24.1 Å². The Morgan fingerprint density at radius 1 is 1.27 bits per heavy atom. The van der Waals surface area contributed by atoms with Crippen molar-refractivity contribution in [1.82, 2.24) is 0 Å². The Balaban J connectivity index is 2.88. The molecule has 2 N–H and O–H groups in total. The van der Waals surface area contributed by atoms with Gasteiger partial charge in [0.15, 0.2) is 0 Å². The maximum atomic E-state index is 13.0. The predicted octanol–water partition coefficient (Wildman–Crippen LogP) is 2.64. The van der Waals surface area contributed by atoms with Crippen LogP contribution in [0.1, 0.15) is 32.4 Å². The fraction of sp³-hybridized carbons (Fsp3) is 0.500. The van der Waals surface area contributed by atoms with Crippen LogP contribution in [0.3, 0.4) is 0 Å². The van der Waals surface area contributed by atoms with Gasteiger partial charge in [-0.05, 0) is 38.5 Å². The summed E-state index contributed by atoms with van der Waals surface area (Å²) in [6.45, 7) is 5.74. The smallest absolute Gasteiger partial charge is 0.123 e. The van der Waals surface area contributed by atoms with Gasteiger partial charge in [0, 0.05) is 6.04 Å². The maximum Gasteiger partial charge on any atom is 0.123 e. The first-order valence-electron chi connectivity index (χ1n) is 5.17. The number of rotatable bonds is 4. The van der Waals surface area contributed by atoms with E-state index >= 15 is 0 Å². The Hall–Kier alpha value is -0.930. The molecule has 0 aliphatic heterocycles. The van der Waals surface area contributed by atoms with Crippen LogP contribution in [0.4, 0.5) is 4.39 Å². The zero-order valence-corrected chi connectivity index (χ0v) is 9.41. The van der Waals surface area contributed by atoms with Gasteiger partial charge in [0.2, 0.25) is 0 Å². The van der Waals surface area contributed by atoms with E-state index in [9.17, 15) is 4.39 Å². The Morgan fingerprint density at radius 3 is 2.40 bits per heavy atom. The van der Waals surface area contributed by atoms with E-state index in [1.54, 1.807) is 6.07 Å². The molecule has 2 atom stereocenters. The maximum absolute atomic E-state index is 13.0. The van der Waals surface area contributed by atoms with Crippen LogP contribution in [0, 0.1) is 5.82 Å². The van der Waals surface area contributed by atoms with Gasteiger partial charge in [0.05, 0.1) is 12.2 Å². The van der Waals surface area contributed by atoms with Crippen molar-refractivity contribution < 1.29 is 9.13 Å². The Morgan fingerprint density at radius 2 is 1.93 bits per heavy atom. The third-order valence-corrected chi connectivity index (χ3v) is 2.07. The Kier molecular flexibility index (Phi) is 4.24. The van der Waals surface area contributed by atoms with Gasteiger partial charge in [-0.25, -0.2) is 4.39 Å². The summed E-state index contributed by atoms with van der Waals surface area (Å²) in [6, 6.07) is 6.23. The summed E-state index contributed by atoms with van der Waals surface area (Å²) in [4.78, 5) is 0. The Bertz CT molecular complexity index is 312. The lowest BCUT2D eigenvalue weighted by atomic mass is 10.0. The fourth-order valence-electron chi connectivity index (χ4n) is 1.48. The standard InChI is InChI=1S/C12H18FNO/c1-8(2)15-12(9(3)14)10-5-4-6-11(13)7-10/h4-9,12H,14H2,1-3H3. The predicted molar refractivity (Wildman–Crippen MR) is 59.0 cm³/mol. The van der Waals surface area contributed by atoms with Crippen LogP contribution in [-0.4, -0.2) is 12.1 Å². The van der Waals surface area contributed by atoms with Crippen molar-refractivity contribution in [1.29, 1.82) is 0 Å². The molecule has 0 heterocycles. The molecule has 0 aliphatic carbocycles. The lowest BCUT2D eigenvalue weighted by Gasteiger charge is -2.24. The topological polar surface area (TPSA) is 35.2 Å². The van der Waals surface area contributed by atoms with Gasteiger partial charge in [-0.3, -0.25) is 0 Å². The fourth-order valence-corrected chi connectivity index (χ4v) is 1.48. The van der Waals surface area contributed by atoms with E-state index in [0.29, 0.717) is 0 Å². The van der Waals surface area contributed by atoms with Crippen LogP contribution < -0.4 is 5.73 Å². The number of hydrogen-bond donors (Lipinski definition) is 1. The molecule has 2 unspecified atom stereocenters. The quantitative estimate of drug-likeness (QED) is 0.831. The van der Waals surface area contributed by atoms with Crippen LogP contribution in [0.25, 0.3) is 0 Å². The van der Waals surface area contributed by atoms with E-state index in [1.807, 2.05) is 26.8 Å². The number of benzene rings is 1. The second kappa shape index (κ2) is 5.24. The van der Waals surface area contributed by atoms with Gasteiger partial charge in [-0.2, -0.15) is 0 Å². The van der Waals surface area contributed by atoms with E-state index in [4.69, 9.17) is 10.5 Å². The van der Waals surface area contributed by atoms with Crippen LogP contribution in [0.15, 0.2) is 24.3 Å². The zero-order valence-electron chi connectivity index (χ0n) is 9.41. The van der Waals surface area contributed by atoms with E-state index in [2.05, 4.69) is 0 Å². The first-order valence-corrected chi connectivity index (χ1v) is 5.17. The molecule has 1 aromatic rings. The number of halogens is 1. The molecule has 15 heavy (non-hydrogen) atoms. The highest BCUT2D eigenvalue weighted by atomic mass is 19.1. The molecule has 2 nitrogen and oxygen atoms in total. The van der Waals surface area contributed by atoms with Gasteiger partial charge in [-0.15, -0.1) is 0 Å². The van der Waals surface area contributed by atoms with Crippen LogP contribution in [0.5, 0.6) is 0 Å². The Labute approximate surface area is 90.2 Å². The molecule has 1 aromatic carbocycles. The summed E-state index contributed by atoms with van der Waals surface area (Å²) in [6.07, 6.45) is -0.176. The molecule has 3 heteroatoms. The second-order valence-corrected chi connectivity index (χ2v) is 4.02. The number of nitrogens with two attached hydrogens (primary N) is 1. The van der Waals surface area contributed by atoms with Crippen LogP contribution in [-0.2, 0) is 4.74 Å². The summed E-state index contributed by atoms with van der Waals surface area (Å²) in [5.74, 6) is -0.259. The molecule has 0 aromatic heterocycles. The molecule has 0 saturated carbocycles. The van der Waals surface area contributed by atoms with Crippen molar-refractivity contribution in [2.24, 2.45) is 5.73 Å². The summed E-state index contributed by atoms with van der Waals surface area (Å²) >= 11 is 0. The number of ether oxygens (including phenoxy) is 1. The third kappa shape index (κ3) is 3.61. The number of hydrogen-bond acceptors (Lipinski definition) is 2. The van der Waals surface area contributed by atoms with Crippen molar-refractivity contribution in [2.75, 3.05) is 0 Å². The first-order chi connectivity index (χ1) is 7.00. The van der Waals surface area contributed by atoms with Gasteiger partial charge < -0.3 is 10.5 Å². The van der Waals surface area contributed by atoms with E-state index in [0.717, 1.165) is 5.56 Å². The molecular formula is C12H18FNO. The zero-order chi connectivity index (χ0) is 11.4. The summed E-state index contributed by atoms with van der Waals surface area (Å²) in [7, 11) is 0. The molecule has 0 aliphatic rings. The summed E-state index contributed by atoms with van der Waals surface area (Å²) in [5, 5.41) is 0. The molecule has 0 spiro atoms. The minimum atomic E-state index is -0.259. The van der Waals surface area contributed by atoms with Gasteiger partial charge in [-0.1, -0.05) is 12.1 Å². The molecule has 84 valence electrons. The minimum absolute atomic E-state index is 0.0734. The van der Waals surface area contributed by atoms with Crippen LogP contribution in [0.2, 0.25) is 0 Å². The summed E-state index contributed by atoms with van der Waals surface area (Å²) in [5.41, 5.74) is 6.61. The van der Waals surface area contributed by atoms with Crippen LogP contribution >= 0.6 is 0 Å². The van der Waals surface area contributed by atoms with Crippen molar-refractivity contribution in [2.45, 2.75) is 39.0 Å². The lowest BCUT2D eigenvalue weighted by Crippen LogP contribution is -2.28. The molecule has 0 amide bonds. The van der Waals surface area contributed by atoms with E-state index in [1.165, 1.54) is 12.1 Å². The molecule has 0 saturated heterocycles. The average molecular weight is 211 g/mol. The van der Waals surface area contributed by atoms with Crippen molar-refractivity contribution in [3.63, 3.8) is 0 Å². The highest BCUT2D eigenvalue weighted by Gasteiger charge is 2.18. The van der Waals surface area contributed by atoms with Crippen molar-refractivity contribution in [3.8, 4) is 0 Å². The van der Waals surface area contributed by atoms with Crippen molar-refractivity contribution >= 4 is 0 Å². The largest absolute Gasteiger partial charge is 0.369 e. The van der Waals surface area contributed by atoms with Crippen molar-refractivity contribution in [3.05, 3.63) is 35.6 Å². The van der Waals surface area contributed by atoms with Gasteiger partial charge in [0.25, 0.3) is 0 Å². The highest BCUT2D eigenvalue weighted by molar-refractivity contribution is 5.20. The molecule has 1 rings (SSSR count). The first kappa shape index (κ1) is 12.1. The van der Waals surface area contributed by atoms with E-state index < -0.39 is 0 Å². The lowest BCUT2D eigenvalue weighted by molar-refractivity contribution is -0.00527. The minimum Gasteiger partial charge on any atom is -0.369 e. The molecule has 0 radical (unpaired) electrons.